The molecule has 0 aliphatic heterocycles. The first kappa shape index (κ1) is 25.1. The average molecular weight is 495 g/mol. The molecule has 11 heteroatoms. The summed E-state index contributed by atoms with van der Waals surface area (Å²) in [6.07, 6.45) is -3.21. The Bertz CT molecular complexity index is 1160. The highest BCUT2D eigenvalue weighted by molar-refractivity contribution is 6.30. The lowest BCUT2D eigenvalue weighted by Gasteiger charge is -2.19. The van der Waals surface area contributed by atoms with Crippen molar-refractivity contribution in [3.05, 3.63) is 76.6 Å². The van der Waals surface area contributed by atoms with Gasteiger partial charge in [-0.25, -0.2) is 4.68 Å². The Balaban J connectivity index is 1.75. The topological polar surface area (TPSA) is 76.5 Å². The van der Waals surface area contributed by atoms with Gasteiger partial charge in [0.25, 0.3) is 5.91 Å². The molecule has 1 heterocycles. The average Bonchev–Trinajstić information content (AvgIpc) is 3.26. The summed E-state index contributed by atoms with van der Waals surface area (Å²) in [7, 11) is 1.32. The van der Waals surface area contributed by atoms with Crippen LogP contribution in [0.1, 0.15) is 28.5 Å². The molecule has 0 aliphatic rings. The van der Waals surface area contributed by atoms with Crippen molar-refractivity contribution in [1.29, 1.82) is 0 Å². The van der Waals surface area contributed by atoms with Gasteiger partial charge < -0.3 is 15.0 Å². The number of carbonyl (C=O) groups is 2. The first-order valence-corrected chi connectivity index (χ1v) is 10.6. The molecule has 0 saturated carbocycles. The number of rotatable bonds is 8. The lowest BCUT2D eigenvalue weighted by molar-refractivity contribution is -0.137. The van der Waals surface area contributed by atoms with Crippen LogP contribution >= 0.6 is 11.6 Å². The number of alkyl halides is 3. The molecular weight excluding hydrogens is 473 g/mol. The van der Waals surface area contributed by atoms with E-state index in [2.05, 4.69) is 10.4 Å². The predicted octanol–water partition coefficient (Wildman–Crippen LogP) is 4.33. The van der Waals surface area contributed by atoms with Crippen LogP contribution in [0.5, 0.6) is 5.75 Å². The number of hydrogen-bond acceptors (Lipinski definition) is 4. The van der Waals surface area contributed by atoms with Crippen molar-refractivity contribution in [3.8, 4) is 11.4 Å². The molecule has 0 unspecified atom stereocenters. The van der Waals surface area contributed by atoms with Crippen LogP contribution in [-0.4, -0.2) is 46.7 Å². The lowest BCUT2D eigenvalue weighted by atomic mass is 10.2. The molecule has 2 aromatic carbocycles. The molecule has 1 aromatic heterocycles. The fourth-order valence-corrected chi connectivity index (χ4v) is 3.25. The van der Waals surface area contributed by atoms with Crippen molar-refractivity contribution in [2.75, 3.05) is 20.2 Å². The van der Waals surface area contributed by atoms with Crippen molar-refractivity contribution in [2.45, 2.75) is 19.6 Å². The quantitative estimate of drug-likeness (QED) is 0.505. The molecular formula is C23H22ClF3N4O3. The second-order valence-corrected chi connectivity index (χ2v) is 7.70. The monoisotopic (exact) mass is 494 g/mol. The van der Waals surface area contributed by atoms with E-state index >= 15 is 0 Å². The van der Waals surface area contributed by atoms with E-state index in [4.69, 9.17) is 16.3 Å². The van der Waals surface area contributed by atoms with Crippen LogP contribution in [0.2, 0.25) is 5.02 Å². The summed E-state index contributed by atoms with van der Waals surface area (Å²) < 4.78 is 45.5. The summed E-state index contributed by atoms with van der Waals surface area (Å²) in [6, 6.07) is 11.5. The van der Waals surface area contributed by atoms with Gasteiger partial charge in [-0.1, -0.05) is 29.8 Å². The number of hydrogen-bond donors (Lipinski definition) is 1. The zero-order chi connectivity index (χ0) is 24.9. The van der Waals surface area contributed by atoms with Crippen molar-refractivity contribution in [2.24, 2.45) is 0 Å². The standard InChI is InChI=1S/C23H22ClF3N4O3/c1-3-30(14-20(32)28-12-15-7-9-17(24)10-8-15)22(33)21-19(34-2)13-31(29-21)18-6-4-5-16(11-18)23(25,26)27/h4-11,13H,3,12,14H2,1-2H3,(H,28,32). The number of methoxy groups -OCH3 is 1. The smallest absolute Gasteiger partial charge is 0.416 e. The first-order valence-electron chi connectivity index (χ1n) is 10.2. The molecule has 0 aliphatic carbocycles. The van der Waals surface area contributed by atoms with Crippen LogP contribution in [0, 0.1) is 0 Å². The first-order chi connectivity index (χ1) is 16.1. The molecule has 180 valence electrons. The van der Waals surface area contributed by atoms with Crippen LogP contribution < -0.4 is 10.1 Å². The molecule has 0 bridgehead atoms. The number of carbonyl (C=O) groups excluding carboxylic acids is 2. The van der Waals surface area contributed by atoms with Gasteiger partial charge in [-0.3, -0.25) is 9.59 Å². The Hall–Kier alpha value is -3.53. The third-order valence-electron chi connectivity index (χ3n) is 4.95. The molecule has 0 atom stereocenters. The fraction of sp³-hybridized carbons (Fsp3) is 0.261. The zero-order valence-electron chi connectivity index (χ0n) is 18.4. The molecule has 1 N–H and O–H groups in total. The SMILES string of the molecule is CCN(CC(=O)NCc1ccc(Cl)cc1)C(=O)c1nn(-c2cccc(C(F)(F)F)c2)cc1OC. The third kappa shape index (κ3) is 6.07. The minimum atomic E-state index is -4.52. The molecule has 3 aromatic rings. The normalized spacial score (nSPS) is 11.2. The van der Waals surface area contributed by atoms with E-state index in [1.165, 1.54) is 30.3 Å². The Kier molecular flexibility index (Phi) is 7.83. The molecule has 3 rings (SSSR count). The van der Waals surface area contributed by atoms with Gasteiger partial charge in [-0.2, -0.15) is 18.3 Å². The molecule has 7 nitrogen and oxygen atoms in total. The van der Waals surface area contributed by atoms with Crippen molar-refractivity contribution >= 4 is 23.4 Å². The van der Waals surface area contributed by atoms with E-state index in [-0.39, 0.29) is 42.7 Å². The van der Waals surface area contributed by atoms with E-state index in [9.17, 15) is 22.8 Å². The predicted molar refractivity (Wildman–Crippen MR) is 120 cm³/mol. The number of nitrogens with one attached hydrogen (secondary N) is 1. The highest BCUT2D eigenvalue weighted by atomic mass is 35.5. The summed E-state index contributed by atoms with van der Waals surface area (Å²) in [5.41, 5.74) is -0.0169. The Morgan fingerprint density at radius 1 is 1.18 bits per heavy atom. The second-order valence-electron chi connectivity index (χ2n) is 7.26. The summed E-state index contributed by atoms with van der Waals surface area (Å²) in [4.78, 5) is 26.7. The molecule has 0 radical (unpaired) electrons. The number of amides is 2. The minimum absolute atomic E-state index is 0.0717. The fourth-order valence-electron chi connectivity index (χ4n) is 3.12. The zero-order valence-corrected chi connectivity index (χ0v) is 19.2. The van der Waals surface area contributed by atoms with Gasteiger partial charge >= 0.3 is 6.18 Å². The van der Waals surface area contributed by atoms with E-state index < -0.39 is 17.6 Å². The van der Waals surface area contributed by atoms with Gasteiger partial charge in [-0.05, 0) is 42.8 Å². The van der Waals surface area contributed by atoms with Crippen molar-refractivity contribution in [1.82, 2.24) is 20.0 Å². The number of aromatic nitrogens is 2. The van der Waals surface area contributed by atoms with E-state index in [0.717, 1.165) is 22.4 Å². The van der Waals surface area contributed by atoms with E-state index in [1.807, 2.05) is 0 Å². The third-order valence-corrected chi connectivity index (χ3v) is 5.20. The molecule has 34 heavy (non-hydrogen) atoms. The van der Waals surface area contributed by atoms with Crippen LogP contribution in [-0.2, 0) is 17.5 Å². The number of benzene rings is 2. The summed E-state index contributed by atoms with van der Waals surface area (Å²) in [6.45, 7) is 1.92. The molecule has 0 spiro atoms. The Labute approximate surface area is 199 Å². The lowest BCUT2D eigenvalue weighted by Crippen LogP contribution is -2.40. The Morgan fingerprint density at radius 2 is 1.88 bits per heavy atom. The van der Waals surface area contributed by atoms with Crippen molar-refractivity contribution < 1.29 is 27.5 Å². The van der Waals surface area contributed by atoms with Gasteiger partial charge in [0.15, 0.2) is 11.4 Å². The van der Waals surface area contributed by atoms with Crippen LogP contribution in [0.25, 0.3) is 5.69 Å². The summed E-state index contributed by atoms with van der Waals surface area (Å²) in [5, 5.41) is 7.45. The highest BCUT2D eigenvalue weighted by Crippen LogP contribution is 2.31. The number of nitrogens with zero attached hydrogens (tertiary/aromatic N) is 3. The Morgan fingerprint density at radius 3 is 2.50 bits per heavy atom. The number of likely N-dealkylation sites (N-methyl/N-ethyl adjacent to an activating group) is 1. The van der Waals surface area contributed by atoms with Crippen LogP contribution in [0.3, 0.4) is 0 Å². The van der Waals surface area contributed by atoms with Gasteiger partial charge in [0.1, 0.15) is 0 Å². The van der Waals surface area contributed by atoms with Crippen molar-refractivity contribution in [3.63, 3.8) is 0 Å². The maximum absolute atomic E-state index is 13.1. The number of halogens is 4. The van der Waals surface area contributed by atoms with Gasteiger partial charge in [0.05, 0.1) is 31.1 Å². The van der Waals surface area contributed by atoms with Gasteiger partial charge in [-0.15, -0.1) is 0 Å². The summed E-state index contributed by atoms with van der Waals surface area (Å²) in [5.74, 6) is -0.907. The van der Waals surface area contributed by atoms with Crippen LogP contribution in [0.4, 0.5) is 13.2 Å². The maximum atomic E-state index is 13.1. The molecule has 2 amide bonds. The maximum Gasteiger partial charge on any atom is 0.416 e. The van der Waals surface area contributed by atoms with Gasteiger partial charge in [0, 0.05) is 18.1 Å². The summed E-state index contributed by atoms with van der Waals surface area (Å²) >= 11 is 5.85. The highest BCUT2D eigenvalue weighted by Gasteiger charge is 2.31. The van der Waals surface area contributed by atoms with Gasteiger partial charge in [0.2, 0.25) is 5.91 Å². The second kappa shape index (κ2) is 10.6. The molecule has 0 fully saturated rings. The largest absolute Gasteiger partial charge is 0.493 e. The van der Waals surface area contributed by atoms with E-state index in [1.54, 1.807) is 31.2 Å². The minimum Gasteiger partial charge on any atom is -0.493 e. The number of ether oxygens (including phenoxy) is 1. The molecule has 0 saturated heterocycles. The van der Waals surface area contributed by atoms with E-state index in [0.29, 0.717) is 5.02 Å². The van der Waals surface area contributed by atoms with Crippen LogP contribution in [0.15, 0.2) is 54.7 Å².